The molecule has 266 valence electrons. The summed E-state index contributed by atoms with van der Waals surface area (Å²) >= 11 is 1.84. The molecule has 8 aromatic carbocycles. The highest BCUT2D eigenvalue weighted by atomic mass is 32.1. The Bertz CT molecular complexity index is 3450. The van der Waals surface area contributed by atoms with Gasteiger partial charge in [0.1, 0.15) is 11.2 Å². The number of benzene rings is 8. The predicted octanol–water partition coefficient (Wildman–Crippen LogP) is 14.5. The lowest BCUT2D eigenvalue weighted by atomic mass is 10.0. The van der Waals surface area contributed by atoms with E-state index >= 15 is 0 Å². The molecule has 0 spiro atoms. The first-order valence-electron chi connectivity index (χ1n) is 19.2. The average Bonchev–Trinajstić information content (AvgIpc) is 3.96. The van der Waals surface area contributed by atoms with Gasteiger partial charge in [0, 0.05) is 69.7 Å². The number of hydrogen-bond donors (Lipinski definition) is 0. The standard InChI is InChI=1S/C52H31N3OS/c1-4-14-32(15-5-1)43-31-44(33-16-6-2-7-17-33)54-52(53-43)42-24-13-23-39-40-28-29-45-48(51(40)57-50(39)42)41-27-26-34(30-46(41)55(45)35-18-8-3-9-19-35)36-21-12-22-38-37-20-10-11-25-47(37)56-49(36)38/h1-31H. The van der Waals surface area contributed by atoms with Crippen LogP contribution in [-0.4, -0.2) is 14.5 Å². The highest BCUT2D eigenvalue weighted by molar-refractivity contribution is 7.27. The van der Waals surface area contributed by atoms with Gasteiger partial charge in [-0.3, -0.25) is 0 Å². The quantitative estimate of drug-likeness (QED) is 0.176. The van der Waals surface area contributed by atoms with Crippen molar-refractivity contribution in [2.45, 2.75) is 0 Å². The second-order valence-electron chi connectivity index (χ2n) is 14.5. The van der Waals surface area contributed by atoms with Crippen LogP contribution in [0, 0.1) is 0 Å². The van der Waals surface area contributed by atoms with Crippen molar-refractivity contribution < 1.29 is 4.42 Å². The van der Waals surface area contributed by atoms with Gasteiger partial charge in [0.05, 0.1) is 22.4 Å². The predicted molar refractivity (Wildman–Crippen MR) is 238 cm³/mol. The summed E-state index contributed by atoms with van der Waals surface area (Å²) < 4.78 is 11.4. The van der Waals surface area contributed by atoms with Crippen LogP contribution in [0.4, 0.5) is 0 Å². The Balaban J connectivity index is 1.11. The van der Waals surface area contributed by atoms with Crippen molar-refractivity contribution in [1.29, 1.82) is 0 Å². The lowest BCUT2D eigenvalue weighted by Crippen LogP contribution is -1.96. The molecule has 0 saturated heterocycles. The van der Waals surface area contributed by atoms with Crippen LogP contribution in [0.5, 0.6) is 0 Å². The Hall–Kier alpha value is -7.34. The van der Waals surface area contributed by atoms with Crippen LogP contribution >= 0.6 is 11.3 Å². The van der Waals surface area contributed by atoms with Crippen LogP contribution in [0.1, 0.15) is 0 Å². The second kappa shape index (κ2) is 12.6. The van der Waals surface area contributed by atoms with Crippen LogP contribution in [-0.2, 0) is 0 Å². The molecule has 0 unspecified atom stereocenters. The Morgan fingerprint density at radius 1 is 0.421 bits per heavy atom. The van der Waals surface area contributed by atoms with Gasteiger partial charge in [0.2, 0.25) is 0 Å². The molecule has 0 amide bonds. The van der Waals surface area contributed by atoms with E-state index in [0.29, 0.717) is 0 Å². The molecule has 4 nitrogen and oxygen atoms in total. The van der Waals surface area contributed by atoms with E-state index in [1.807, 2.05) is 35.6 Å². The van der Waals surface area contributed by atoms with E-state index in [9.17, 15) is 0 Å². The van der Waals surface area contributed by atoms with Gasteiger partial charge in [-0.2, -0.15) is 0 Å². The minimum absolute atomic E-state index is 0.722. The second-order valence-corrected chi connectivity index (χ2v) is 15.5. The molecule has 0 aliphatic heterocycles. The smallest absolute Gasteiger partial charge is 0.161 e. The zero-order chi connectivity index (χ0) is 37.5. The van der Waals surface area contributed by atoms with Gasteiger partial charge in [0.25, 0.3) is 0 Å². The molecule has 57 heavy (non-hydrogen) atoms. The zero-order valence-electron chi connectivity index (χ0n) is 30.6. The van der Waals surface area contributed by atoms with Crippen LogP contribution in [0.15, 0.2) is 192 Å². The molecule has 4 heterocycles. The van der Waals surface area contributed by atoms with Gasteiger partial charge in [0.15, 0.2) is 5.82 Å². The topological polar surface area (TPSA) is 43.9 Å². The SMILES string of the molecule is c1ccc(-c2cc(-c3ccccc3)nc(-c3cccc4c3sc3c4ccc4c3c3ccc(-c5cccc6c5oc5ccccc56)cc3n4-c3ccccc3)n2)cc1. The molecule has 0 radical (unpaired) electrons. The van der Waals surface area contributed by atoms with Crippen molar-refractivity contribution >= 4 is 75.3 Å². The maximum atomic E-state index is 6.51. The number of thiophene rings is 1. The fourth-order valence-electron chi connectivity index (χ4n) is 8.61. The summed E-state index contributed by atoms with van der Waals surface area (Å²) in [6.07, 6.45) is 0. The first-order chi connectivity index (χ1) is 28.3. The van der Waals surface area contributed by atoms with E-state index < -0.39 is 0 Å². The minimum Gasteiger partial charge on any atom is -0.455 e. The normalized spacial score (nSPS) is 11.9. The molecule has 0 atom stereocenters. The van der Waals surface area contributed by atoms with Crippen LogP contribution in [0.3, 0.4) is 0 Å². The van der Waals surface area contributed by atoms with Gasteiger partial charge in [-0.1, -0.05) is 146 Å². The molecule has 4 aromatic heterocycles. The lowest BCUT2D eigenvalue weighted by molar-refractivity contribution is 0.670. The lowest BCUT2D eigenvalue weighted by Gasteiger charge is -2.10. The average molecular weight is 746 g/mol. The van der Waals surface area contributed by atoms with Crippen LogP contribution in [0.2, 0.25) is 0 Å². The van der Waals surface area contributed by atoms with E-state index in [0.717, 1.165) is 78.2 Å². The van der Waals surface area contributed by atoms with Gasteiger partial charge < -0.3 is 8.98 Å². The summed E-state index contributed by atoms with van der Waals surface area (Å²) in [6.45, 7) is 0. The van der Waals surface area contributed by atoms with E-state index in [-0.39, 0.29) is 0 Å². The number of nitrogens with zero attached hydrogens (tertiary/aromatic N) is 3. The highest BCUT2D eigenvalue weighted by Crippen LogP contribution is 2.47. The fraction of sp³-hybridized carbons (Fsp3) is 0. The zero-order valence-corrected chi connectivity index (χ0v) is 31.4. The number of furan rings is 1. The number of hydrogen-bond acceptors (Lipinski definition) is 4. The van der Waals surface area contributed by atoms with Crippen molar-refractivity contribution in [2.24, 2.45) is 0 Å². The Morgan fingerprint density at radius 3 is 1.79 bits per heavy atom. The van der Waals surface area contributed by atoms with Gasteiger partial charge in [-0.05, 0) is 48.0 Å². The first kappa shape index (κ1) is 32.0. The molecule has 0 saturated carbocycles. The summed E-state index contributed by atoms with van der Waals surface area (Å²) in [4.78, 5) is 10.5. The molecule has 0 aliphatic carbocycles. The number of rotatable bonds is 5. The Morgan fingerprint density at radius 2 is 1.04 bits per heavy atom. The van der Waals surface area contributed by atoms with Gasteiger partial charge >= 0.3 is 0 Å². The number of para-hydroxylation sites is 3. The van der Waals surface area contributed by atoms with Gasteiger partial charge in [-0.25, -0.2) is 9.97 Å². The van der Waals surface area contributed by atoms with E-state index in [2.05, 4.69) is 168 Å². The first-order valence-corrected chi connectivity index (χ1v) is 20.0. The fourth-order valence-corrected chi connectivity index (χ4v) is 9.98. The number of aromatic nitrogens is 3. The largest absolute Gasteiger partial charge is 0.455 e. The van der Waals surface area contributed by atoms with Crippen molar-refractivity contribution in [3.05, 3.63) is 188 Å². The van der Waals surface area contributed by atoms with Gasteiger partial charge in [-0.15, -0.1) is 11.3 Å². The van der Waals surface area contributed by atoms with Crippen molar-refractivity contribution in [1.82, 2.24) is 14.5 Å². The molecule has 0 aliphatic rings. The molecule has 12 aromatic rings. The summed E-state index contributed by atoms with van der Waals surface area (Å²) in [5.41, 5.74) is 12.4. The summed E-state index contributed by atoms with van der Waals surface area (Å²) in [7, 11) is 0. The third-order valence-electron chi connectivity index (χ3n) is 11.2. The summed E-state index contributed by atoms with van der Waals surface area (Å²) in [5, 5.41) is 7.16. The third-order valence-corrected chi connectivity index (χ3v) is 12.5. The molecule has 0 N–H and O–H groups in total. The maximum Gasteiger partial charge on any atom is 0.161 e. The van der Waals surface area contributed by atoms with Crippen molar-refractivity contribution in [3.8, 4) is 50.7 Å². The minimum atomic E-state index is 0.722. The van der Waals surface area contributed by atoms with Crippen molar-refractivity contribution in [2.75, 3.05) is 0 Å². The third kappa shape index (κ3) is 4.99. The van der Waals surface area contributed by atoms with E-state index in [1.54, 1.807) is 0 Å². The van der Waals surface area contributed by atoms with E-state index in [4.69, 9.17) is 14.4 Å². The van der Waals surface area contributed by atoms with Crippen molar-refractivity contribution in [3.63, 3.8) is 0 Å². The maximum absolute atomic E-state index is 6.51. The van der Waals surface area contributed by atoms with Crippen LogP contribution in [0.25, 0.3) is 115 Å². The molecule has 5 heteroatoms. The van der Waals surface area contributed by atoms with E-state index in [1.165, 1.54) is 36.5 Å². The molecule has 0 bridgehead atoms. The summed E-state index contributed by atoms with van der Waals surface area (Å²) in [5.74, 6) is 0.722. The highest BCUT2D eigenvalue weighted by Gasteiger charge is 2.21. The molecular formula is C52H31N3OS. The molecule has 0 fully saturated rings. The molecule has 12 rings (SSSR count). The molecular weight excluding hydrogens is 715 g/mol. The monoisotopic (exact) mass is 745 g/mol. The summed E-state index contributed by atoms with van der Waals surface area (Å²) in [6, 6.07) is 66.4. The number of fused-ring (bicyclic) bond motifs is 10. The van der Waals surface area contributed by atoms with Crippen LogP contribution < -0.4 is 0 Å². The Labute approximate surface area is 331 Å². The Kier molecular flexibility index (Phi) is 7.06.